The molecule has 0 saturated heterocycles. The summed E-state index contributed by atoms with van der Waals surface area (Å²) >= 11 is 0. The van der Waals surface area contributed by atoms with Crippen molar-refractivity contribution in [2.45, 2.75) is 39.0 Å². The molecule has 2 heteroatoms. The SMILES string of the molecule is Cc1coc2c1C(=O)[C@H]1CCCC[C@@H]1C2. The first kappa shape index (κ1) is 9.20. The molecule has 3 rings (SSSR count). The molecular formula is C13H16O2. The summed E-state index contributed by atoms with van der Waals surface area (Å²) in [5.41, 5.74) is 1.93. The van der Waals surface area contributed by atoms with E-state index in [1.807, 2.05) is 6.92 Å². The maximum atomic E-state index is 12.3. The quantitative estimate of drug-likeness (QED) is 0.650. The molecule has 0 spiro atoms. The van der Waals surface area contributed by atoms with Crippen molar-refractivity contribution in [2.75, 3.05) is 0 Å². The molecule has 80 valence electrons. The third kappa shape index (κ3) is 1.27. The second-order valence-corrected chi connectivity index (χ2v) is 4.94. The average molecular weight is 204 g/mol. The van der Waals surface area contributed by atoms with Crippen LogP contribution in [0.25, 0.3) is 0 Å². The Balaban J connectivity index is 2.04. The summed E-state index contributed by atoms with van der Waals surface area (Å²) in [5.74, 6) is 2.15. The van der Waals surface area contributed by atoms with Gasteiger partial charge in [0.1, 0.15) is 5.76 Å². The number of furan rings is 1. The van der Waals surface area contributed by atoms with E-state index in [1.165, 1.54) is 19.3 Å². The number of rotatable bonds is 0. The van der Waals surface area contributed by atoms with E-state index in [4.69, 9.17) is 4.42 Å². The average Bonchev–Trinajstić information content (AvgIpc) is 2.61. The van der Waals surface area contributed by atoms with Crippen molar-refractivity contribution < 1.29 is 9.21 Å². The van der Waals surface area contributed by atoms with Gasteiger partial charge in [-0.05, 0) is 31.2 Å². The highest BCUT2D eigenvalue weighted by atomic mass is 16.3. The molecule has 1 aromatic rings. The Morgan fingerprint density at radius 3 is 3.00 bits per heavy atom. The van der Waals surface area contributed by atoms with Gasteiger partial charge in [-0.1, -0.05) is 12.8 Å². The molecule has 1 saturated carbocycles. The first-order valence-electron chi connectivity index (χ1n) is 5.88. The lowest BCUT2D eigenvalue weighted by Crippen LogP contribution is -2.33. The summed E-state index contributed by atoms with van der Waals surface area (Å²) in [6, 6.07) is 0. The van der Waals surface area contributed by atoms with Crippen LogP contribution in [0.3, 0.4) is 0 Å². The van der Waals surface area contributed by atoms with Gasteiger partial charge in [0.15, 0.2) is 5.78 Å². The van der Waals surface area contributed by atoms with Gasteiger partial charge in [-0.25, -0.2) is 0 Å². The fourth-order valence-corrected chi connectivity index (χ4v) is 3.20. The van der Waals surface area contributed by atoms with Gasteiger partial charge in [-0.3, -0.25) is 4.79 Å². The van der Waals surface area contributed by atoms with Gasteiger partial charge in [0.05, 0.1) is 11.8 Å². The molecule has 2 aliphatic carbocycles. The van der Waals surface area contributed by atoms with Crippen molar-refractivity contribution >= 4 is 5.78 Å². The Morgan fingerprint density at radius 1 is 1.33 bits per heavy atom. The number of Topliss-reactive ketones (excluding diaryl/α,β-unsaturated/α-hetero) is 1. The molecule has 2 nitrogen and oxygen atoms in total. The van der Waals surface area contributed by atoms with Crippen LogP contribution < -0.4 is 0 Å². The largest absolute Gasteiger partial charge is 0.468 e. The third-order valence-corrected chi connectivity index (χ3v) is 3.99. The molecule has 2 atom stereocenters. The van der Waals surface area contributed by atoms with Crippen molar-refractivity contribution in [3.63, 3.8) is 0 Å². The number of carbonyl (C=O) groups is 1. The van der Waals surface area contributed by atoms with E-state index in [0.717, 1.165) is 29.7 Å². The van der Waals surface area contributed by atoms with Gasteiger partial charge in [-0.15, -0.1) is 0 Å². The predicted molar refractivity (Wildman–Crippen MR) is 56.9 cm³/mol. The van der Waals surface area contributed by atoms with Crippen LogP contribution in [-0.4, -0.2) is 5.78 Å². The number of ketones is 1. The zero-order chi connectivity index (χ0) is 10.4. The zero-order valence-corrected chi connectivity index (χ0v) is 9.08. The van der Waals surface area contributed by atoms with Crippen molar-refractivity contribution in [1.29, 1.82) is 0 Å². The minimum absolute atomic E-state index is 0.294. The van der Waals surface area contributed by atoms with E-state index in [1.54, 1.807) is 6.26 Å². The van der Waals surface area contributed by atoms with Gasteiger partial charge >= 0.3 is 0 Å². The Labute approximate surface area is 89.7 Å². The topological polar surface area (TPSA) is 30.2 Å². The van der Waals surface area contributed by atoms with Gasteiger partial charge in [0.25, 0.3) is 0 Å². The van der Waals surface area contributed by atoms with Crippen LogP contribution in [0.15, 0.2) is 10.7 Å². The molecule has 0 aromatic carbocycles. The number of aryl methyl sites for hydroxylation is 1. The highest BCUT2D eigenvalue weighted by Crippen LogP contribution is 2.40. The fraction of sp³-hybridized carbons (Fsp3) is 0.615. The van der Waals surface area contributed by atoms with E-state index in [-0.39, 0.29) is 0 Å². The normalized spacial score (nSPS) is 29.8. The summed E-state index contributed by atoms with van der Waals surface area (Å²) in [4.78, 5) is 12.3. The van der Waals surface area contributed by atoms with E-state index in [0.29, 0.717) is 17.6 Å². The number of hydrogen-bond donors (Lipinski definition) is 0. The Hall–Kier alpha value is -1.05. The lowest BCUT2D eigenvalue weighted by Gasteiger charge is -2.33. The van der Waals surface area contributed by atoms with Gasteiger partial charge < -0.3 is 4.42 Å². The third-order valence-electron chi connectivity index (χ3n) is 3.99. The fourth-order valence-electron chi connectivity index (χ4n) is 3.20. The van der Waals surface area contributed by atoms with Crippen molar-refractivity contribution in [3.8, 4) is 0 Å². The zero-order valence-electron chi connectivity index (χ0n) is 9.08. The van der Waals surface area contributed by atoms with Crippen LogP contribution in [0.1, 0.15) is 47.4 Å². The predicted octanol–water partition coefficient (Wildman–Crippen LogP) is 3.13. The van der Waals surface area contributed by atoms with Gasteiger partial charge in [0, 0.05) is 12.3 Å². The van der Waals surface area contributed by atoms with Crippen LogP contribution in [0.4, 0.5) is 0 Å². The first-order chi connectivity index (χ1) is 7.27. The maximum absolute atomic E-state index is 12.3. The van der Waals surface area contributed by atoms with E-state index in [2.05, 4.69) is 0 Å². The molecule has 0 radical (unpaired) electrons. The number of carbonyl (C=O) groups excluding carboxylic acids is 1. The molecule has 0 amide bonds. The van der Waals surface area contributed by atoms with E-state index >= 15 is 0 Å². The molecule has 15 heavy (non-hydrogen) atoms. The Bertz CT molecular complexity index is 403. The van der Waals surface area contributed by atoms with Crippen LogP contribution in [-0.2, 0) is 6.42 Å². The summed E-state index contributed by atoms with van der Waals surface area (Å²) < 4.78 is 5.49. The highest BCUT2D eigenvalue weighted by molar-refractivity contribution is 6.01. The molecule has 0 N–H and O–H groups in total. The van der Waals surface area contributed by atoms with Crippen LogP contribution in [0.2, 0.25) is 0 Å². The Morgan fingerprint density at radius 2 is 2.13 bits per heavy atom. The number of hydrogen-bond acceptors (Lipinski definition) is 2. The second kappa shape index (κ2) is 3.22. The summed E-state index contributed by atoms with van der Waals surface area (Å²) in [6.45, 7) is 1.98. The van der Waals surface area contributed by atoms with E-state index < -0.39 is 0 Å². The van der Waals surface area contributed by atoms with Crippen molar-refractivity contribution in [1.82, 2.24) is 0 Å². The maximum Gasteiger partial charge on any atom is 0.170 e. The summed E-state index contributed by atoms with van der Waals surface area (Å²) in [5, 5.41) is 0. The van der Waals surface area contributed by atoms with Gasteiger partial charge in [0.2, 0.25) is 0 Å². The minimum atomic E-state index is 0.294. The smallest absolute Gasteiger partial charge is 0.170 e. The minimum Gasteiger partial charge on any atom is -0.468 e. The molecule has 1 fully saturated rings. The molecular weight excluding hydrogens is 188 g/mol. The standard InChI is InChI=1S/C13H16O2/c1-8-7-15-11-6-9-4-2-3-5-10(9)13(14)12(8)11/h7,9-10H,2-6H2,1H3/t9-,10+/m1/s1. The summed E-state index contributed by atoms with van der Waals surface area (Å²) in [7, 11) is 0. The molecule has 1 heterocycles. The lowest BCUT2D eigenvalue weighted by molar-refractivity contribution is 0.0789. The van der Waals surface area contributed by atoms with E-state index in [9.17, 15) is 4.79 Å². The molecule has 1 aromatic heterocycles. The highest BCUT2D eigenvalue weighted by Gasteiger charge is 2.39. The Kier molecular flexibility index (Phi) is 1.98. The molecule has 0 unspecified atom stereocenters. The first-order valence-corrected chi connectivity index (χ1v) is 5.88. The second-order valence-electron chi connectivity index (χ2n) is 4.94. The molecule has 0 aliphatic heterocycles. The molecule has 2 aliphatic rings. The lowest BCUT2D eigenvalue weighted by atomic mass is 9.69. The van der Waals surface area contributed by atoms with Crippen molar-refractivity contribution in [2.24, 2.45) is 11.8 Å². The molecule has 0 bridgehead atoms. The van der Waals surface area contributed by atoms with Crippen LogP contribution in [0, 0.1) is 18.8 Å². The van der Waals surface area contributed by atoms with Crippen LogP contribution >= 0.6 is 0 Å². The number of fused-ring (bicyclic) bond motifs is 2. The summed E-state index contributed by atoms with van der Waals surface area (Å²) in [6.07, 6.45) is 7.52. The monoisotopic (exact) mass is 204 g/mol. The van der Waals surface area contributed by atoms with Crippen LogP contribution in [0.5, 0.6) is 0 Å². The van der Waals surface area contributed by atoms with Crippen molar-refractivity contribution in [3.05, 3.63) is 23.2 Å². The van der Waals surface area contributed by atoms with Gasteiger partial charge in [-0.2, -0.15) is 0 Å².